The van der Waals surface area contributed by atoms with Crippen LogP contribution in [0.3, 0.4) is 0 Å². The number of nitrogens with one attached hydrogen (secondary N) is 1. The molecular weight excluding hydrogens is 320 g/mol. The van der Waals surface area contributed by atoms with Crippen molar-refractivity contribution in [1.82, 2.24) is 9.88 Å². The van der Waals surface area contributed by atoms with E-state index in [4.69, 9.17) is 4.74 Å². The Morgan fingerprint density at radius 3 is 2.20 bits per heavy atom. The summed E-state index contributed by atoms with van der Waals surface area (Å²) in [6.45, 7) is 13.5. The summed E-state index contributed by atoms with van der Waals surface area (Å²) in [4.78, 5) is 42.0. The quantitative estimate of drug-likeness (QED) is 0.576. The predicted octanol–water partition coefficient (Wildman–Crippen LogP) is 3.27. The van der Waals surface area contributed by atoms with Crippen LogP contribution in [0, 0.1) is 19.8 Å². The third-order valence-corrected chi connectivity index (χ3v) is 4.25. The number of hydrogen-bond donors (Lipinski definition) is 1. The molecule has 6 nitrogen and oxygen atoms in total. The standard InChI is InChI=1S/C19H30N2O4/c1-8-21(15(22)10-11(3)4)14(7)18(23)16-12(5)17(20-13(16)6)19(24)25-9-2/h11,14,20H,8-10H2,1-7H3. The fourth-order valence-electron chi connectivity index (χ4n) is 3.01. The molecule has 0 fully saturated rings. The number of aromatic nitrogens is 1. The van der Waals surface area contributed by atoms with E-state index in [2.05, 4.69) is 4.98 Å². The Morgan fingerprint density at radius 1 is 1.12 bits per heavy atom. The van der Waals surface area contributed by atoms with Gasteiger partial charge in [-0.3, -0.25) is 9.59 Å². The number of likely N-dealkylation sites (N-methyl/N-ethyl adjacent to an activating group) is 1. The zero-order valence-electron chi connectivity index (χ0n) is 16.4. The van der Waals surface area contributed by atoms with Crippen molar-refractivity contribution in [2.24, 2.45) is 5.92 Å². The first-order valence-electron chi connectivity index (χ1n) is 8.85. The van der Waals surface area contributed by atoms with Gasteiger partial charge in [-0.25, -0.2) is 4.79 Å². The lowest BCUT2D eigenvalue weighted by Gasteiger charge is -2.28. The van der Waals surface area contributed by atoms with Crippen LogP contribution in [-0.2, 0) is 9.53 Å². The number of carbonyl (C=O) groups excluding carboxylic acids is 3. The van der Waals surface area contributed by atoms with Crippen molar-refractivity contribution in [1.29, 1.82) is 0 Å². The topological polar surface area (TPSA) is 79.5 Å². The number of aryl methyl sites for hydroxylation is 1. The molecule has 0 radical (unpaired) electrons. The van der Waals surface area contributed by atoms with Crippen LogP contribution in [0.25, 0.3) is 0 Å². The van der Waals surface area contributed by atoms with Crippen LogP contribution in [-0.4, -0.2) is 46.7 Å². The molecule has 1 atom stereocenters. The lowest BCUT2D eigenvalue weighted by atomic mass is 9.99. The first-order valence-corrected chi connectivity index (χ1v) is 8.85. The summed E-state index contributed by atoms with van der Waals surface area (Å²) in [6, 6.07) is -0.584. The van der Waals surface area contributed by atoms with Gasteiger partial charge in [-0.1, -0.05) is 13.8 Å². The lowest BCUT2D eigenvalue weighted by Crippen LogP contribution is -2.43. The number of nitrogens with zero attached hydrogens (tertiary/aromatic N) is 1. The average molecular weight is 350 g/mol. The van der Waals surface area contributed by atoms with E-state index in [0.29, 0.717) is 35.5 Å². The third kappa shape index (κ3) is 4.71. The maximum atomic E-state index is 13.0. The molecular formula is C19H30N2O4. The summed E-state index contributed by atoms with van der Waals surface area (Å²) in [6.07, 6.45) is 0.407. The molecule has 25 heavy (non-hydrogen) atoms. The van der Waals surface area contributed by atoms with E-state index in [1.54, 1.807) is 32.6 Å². The minimum absolute atomic E-state index is 0.0326. The van der Waals surface area contributed by atoms with Gasteiger partial charge < -0.3 is 14.6 Å². The van der Waals surface area contributed by atoms with Crippen LogP contribution in [0.15, 0.2) is 0 Å². The molecule has 0 aliphatic carbocycles. The molecule has 1 heterocycles. The van der Waals surface area contributed by atoms with Gasteiger partial charge in [0.15, 0.2) is 5.78 Å². The van der Waals surface area contributed by atoms with E-state index in [-0.39, 0.29) is 24.2 Å². The molecule has 1 unspecified atom stereocenters. The van der Waals surface area contributed by atoms with E-state index >= 15 is 0 Å². The van der Waals surface area contributed by atoms with Crippen molar-refractivity contribution < 1.29 is 19.1 Å². The molecule has 1 aromatic heterocycles. The lowest BCUT2D eigenvalue weighted by molar-refractivity contribution is -0.133. The molecule has 140 valence electrons. The average Bonchev–Trinajstić information content (AvgIpc) is 2.81. The fourth-order valence-corrected chi connectivity index (χ4v) is 3.01. The Morgan fingerprint density at radius 2 is 1.72 bits per heavy atom. The molecule has 0 bridgehead atoms. The highest BCUT2D eigenvalue weighted by Gasteiger charge is 2.30. The van der Waals surface area contributed by atoms with Crippen LogP contribution >= 0.6 is 0 Å². The maximum absolute atomic E-state index is 13.0. The van der Waals surface area contributed by atoms with E-state index in [1.165, 1.54) is 0 Å². The zero-order chi connectivity index (χ0) is 19.3. The second-order valence-corrected chi connectivity index (χ2v) is 6.66. The van der Waals surface area contributed by atoms with Gasteiger partial charge in [0, 0.05) is 24.2 Å². The maximum Gasteiger partial charge on any atom is 0.355 e. The molecule has 1 N–H and O–H groups in total. The van der Waals surface area contributed by atoms with Gasteiger partial charge in [-0.05, 0) is 46.1 Å². The number of rotatable bonds is 8. The van der Waals surface area contributed by atoms with Crippen LogP contribution < -0.4 is 0 Å². The Balaban J connectivity index is 3.13. The van der Waals surface area contributed by atoms with Gasteiger partial charge in [0.25, 0.3) is 0 Å². The summed E-state index contributed by atoms with van der Waals surface area (Å²) < 4.78 is 5.02. The highest BCUT2D eigenvalue weighted by Crippen LogP contribution is 2.22. The number of aromatic amines is 1. The van der Waals surface area contributed by atoms with Crippen LogP contribution in [0.5, 0.6) is 0 Å². The minimum atomic E-state index is -0.584. The van der Waals surface area contributed by atoms with Crippen molar-refractivity contribution in [3.8, 4) is 0 Å². The summed E-state index contributed by atoms with van der Waals surface area (Å²) in [5, 5.41) is 0. The summed E-state index contributed by atoms with van der Waals surface area (Å²) in [5.41, 5.74) is 1.95. The molecule has 0 spiro atoms. The van der Waals surface area contributed by atoms with Crippen molar-refractivity contribution in [2.45, 2.75) is 60.9 Å². The smallest absolute Gasteiger partial charge is 0.355 e. The molecule has 1 rings (SSSR count). The van der Waals surface area contributed by atoms with Gasteiger partial charge in [0.2, 0.25) is 5.91 Å². The molecule has 0 saturated carbocycles. The number of esters is 1. The number of amides is 1. The molecule has 0 aliphatic heterocycles. The van der Waals surface area contributed by atoms with E-state index < -0.39 is 12.0 Å². The number of hydrogen-bond acceptors (Lipinski definition) is 4. The van der Waals surface area contributed by atoms with Crippen LogP contribution in [0.4, 0.5) is 0 Å². The fraction of sp³-hybridized carbons (Fsp3) is 0.632. The molecule has 1 aromatic rings. The normalized spacial score (nSPS) is 12.2. The molecule has 6 heteroatoms. The second-order valence-electron chi connectivity index (χ2n) is 6.66. The predicted molar refractivity (Wildman–Crippen MR) is 96.9 cm³/mol. The first kappa shape index (κ1) is 20.9. The molecule has 0 saturated heterocycles. The Kier molecular flexibility index (Phi) is 7.39. The highest BCUT2D eigenvalue weighted by atomic mass is 16.5. The highest BCUT2D eigenvalue weighted by molar-refractivity contribution is 6.06. The van der Waals surface area contributed by atoms with Gasteiger partial charge in [0.05, 0.1) is 12.6 Å². The van der Waals surface area contributed by atoms with Crippen molar-refractivity contribution in [3.63, 3.8) is 0 Å². The van der Waals surface area contributed by atoms with Crippen LogP contribution in [0.2, 0.25) is 0 Å². The van der Waals surface area contributed by atoms with Crippen molar-refractivity contribution in [3.05, 3.63) is 22.5 Å². The van der Waals surface area contributed by atoms with Crippen molar-refractivity contribution >= 4 is 17.7 Å². The first-order chi connectivity index (χ1) is 11.6. The number of ether oxygens (including phenoxy) is 1. The summed E-state index contributed by atoms with van der Waals surface area (Å²) >= 11 is 0. The Bertz CT molecular complexity index is 646. The van der Waals surface area contributed by atoms with Crippen LogP contribution in [0.1, 0.15) is 73.1 Å². The molecule has 0 aliphatic rings. The number of carbonyl (C=O) groups is 3. The Hall–Kier alpha value is -2.11. The monoisotopic (exact) mass is 350 g/mol. The number of H-pyrrole nitrogens is 1. The summed E-state index contributed by atoms with van der Waals surface area (Å²) in [7, 11) is 0. The summed E-state index contributed by atoms with van der Waals surface area (Å²) in [5.74, 6) is -0.441. The third-order valence-electron chi connectivity index (χ3n) is 4.25. The molecule has 0 aromatic carbocycles. The molecule has 1 amide bonds. The van der Waals surface area contributed by atoms with Gasteiger partial charge in [0.1, 0.15) is 5.69 Å². The Labute approximate surface area is 149 Å². The zero-order valence-corrected chi connectivity index (χ0v) is 16.4. The SMILES string of the molecule is CCOC(=O)c1[nH]c(C)c(C(=O)C(C)N(CC)C(=O)CC(C)C)c1C. The number of ketones is 1. The van der Waals surface area contributed by atoms with Gasteiger partial charge >= 0.3 is 5.97 Å². The largest absolute Gasteiger partial charge is 0.461 e. The van der Waals surface area contributed by atoms with E-state index in [0.717, 1.165) is 0 Å². The minimum Gasteiger partial charge on any atom is -0.461 e. The van der Waals surface area contributed by atoms with Gasteiger partial charge in [-0.15, -0.1) is 0 Å². The van der Waals surface area contributed by atoms with E-state index in [1.807, 2.05) is 20.8 Å². The second kappa shape index (κ2) is 8.83. The van der Waals surface area contributed by atoms with Crippen molar-refractivity contribution in [2.75, 3.05) is 13.2 Å². The van der Waals surface area contributed by atoms with Gasteiger partial charge in [-0.2, -0.15) is 0 Å². The van der Waals surface area contributed by atoms with E-state index in [9.17, 15) is 14.4 Å². The number of Topliss-reactive ketones (excluding diaryl/α,β-unsaturated/α-hetero) is 1.